The lowest BCUT2D eigenvalue weighted by Crippen LogP contribution is -2.31. The van der Waals surface area contributed by atoms with E-state index in [0.29, 0.717) is 25.4 Å². The van der Waals surface area contributed by atoms with Crippen molar-refractivity contribution in [2.75, 3.05) is 25.1 Å². The van der Waals surface area contributed by atoms with Crippen LogP contribution in [0.4, 0.5) is 10.5 Å². The molecule has 0 fully saturated rings. The number of nitrogens with one attached hydrogen (secondary N) is 2. The second kappa shape index (κ2) is 7.60. The zero-order valence-corrected chi connectivity index (χ0v) is 11.2. The van der Waals surface area contributed by atoms with Crippen molar-refractivity contribution in [3.8, 4) is 0 Å². The molecule has 1 aromatic rings. The molecule has 0 spiro atoms. The monoisotopic (exact) mass is 286 g/mol. The topological polar surface area (TPSA) is 87.7 Å². The third-order valence-electron chi connectivity index (χ3n) is 2.20. The van der Waals surface area contributed by atoms with Crippen LogP contribution in [0, 0.1) is 0 Å². The van der Waals surface area contributed by atoms with Crippen molar-refractivity contribution in [2.24, 2.45) is 0 Å². The van der Waals surface area contributed by atoms with Gasteiger partial charge < -0.3 is 20.5 Å². The first-order valence-corrected chi connectivity index (χ1v) is 6.07. The minimum Gasteiger partial charge on any atom is -0.478 e. The number of carbonyl (C=O) groups excluding carboxylic acids is 1. The van der Waals surface area contributed by atoms with Gasteiger partial charge in [-0.15, -0.1) is 0 Å². The number of ether oxygens (including phenoxy) is 1. The van der Waals surface area contributed by atoms with E-state index in [2.05, 4.69) is 10.6 Å². The Balaban J connectivity index is 2.52. The number of hydrogen-bond donors (Lipinski definition) is 3. The highest BCUT2D eigenvalue weighted by molar-refractivity contribution is 6.34. The Bertz CT molecular complexity index is 465. The van der Waals surface area contributed by atoms with E-state index in [1.165, 1.54) is 18.2 Å². The molecule has 0 atom stereocenters. The van der Waals surface area contributed by atoms with Crippen molar-refractivity contribution in [3.05, 3.63) is 28.8 Å². The fraction of sp³-hybridized carbons (Fsp3) is 0.333. The number of hydrogen-bond acceptors (Lipinski definition) is 3. The quantitative estimate of drug-likeness (QED) is 0.700. The number of carboxylic acid groups (broad SMARTS) is 1. The van der Waals surface area contributed by atoms with Gasteiger partial charge in [0.15, 0.2) is 0 Å². The van der Waals surface area contributed by atoms with Crippen molar-refractivity contribution in [2.45, 2.75) is 6.92 Å². The first kappa shape index (κ1) is 15.3. The molecular weight excluding hydrogens is 272 g/mol. The average molecular weight is 287 g/mol. The van der Waals surface area contributed by atoms with Gasteiger partial charge in [0.05, 0.1) is 22.9 Å². The Hall–Kier alpha value is -1.79. The lowest BCUT2D eigenvalue weighted by atomic mass is 10.2. The van der Waals surface area contributed by atoms with Crippen LogP contribution in [0.1, 0.15) is 17.3 Å². The summed E-state index contributed by atoms with van der Waals surface area (Å²) < 4.78 is 5.07. The molecule has 1 rings (SSSR count). The van der Waals surface area contributed by atoms with Gasteiger partial charge in [0, 0.05) is 13.2 Å². The molecule has 0 aliphatic rings. The van der Waals surface area contributed by atoms with Crippen LogP contribution in [0.3, 0.4) is 0 Å². The van der Waals surface area contributed by atoms with E-state index in [0.717, 1.165) is 0 Å². The zero-order valence-electron chi connectivity index (χ0n) is 10.4. The molecule has 19 heavy (non-hydrogen) atoms. The summed E-state index contributed by atoms with van der Waals surface area (Å²) in [6.45, 7) is 3.26. The summed E-state index contributed by atoms with van der Waals surface area (Å²) in [7, 11) is 0. The van der Waals surface area contributed by atoms with Crippen LogP contribution < -0.4 is 10.6 Å². The largest absolute Gasteiger partial charge is 0.478 e. The number of aromatic carboxylic acids is 1. The highest BCUT2D eigenvalue weighted by Gasteiger charge is 2.09. The molecule has 0 saturated heterocycles. The van der Waals surface area contributed by atoms with Crippen LogP contribution >= 0.6 is 11.6 Å². The summed E-state index contributed by atoms with van der Waals surface area (Å²) in [6.07, 6.45) is 0. The first-order valence-electron chi connectivity index (χ1n) is 5.70. The lowest BCUT2D eigenvalue weighted by molar-refractivity contribution is 0.0697. The van der Waals surface area contributed by atoms with Gasteiger partial charge >= 0.3 is 12.0 Å². The van der Waals surface area contributed by atoms with Gasteiger partial charge in [-0.05, 0) is 25.1 Å². The standard InChI is InChI=1S/C12H15ClN2O4/c1-2-19-6-5-14-12(18)15-10-4-3-8(11(16)17)7-9(10)13/h3-4,7H,2,5-6H2,1H3,(H,16,17)(H2,14,15,18). The van der Waals surface area contributed by atoms with Crippen LogP contribution in [0.25, 0.3) is 0 Å². The molecular formula is C12H15ClN2O4. The molecule has 0 aromatic heterocycles. The highest BCUT2D eigenvalue weighted by atomic mass is 35.5. The van der Waals surface area contributed by atoms with Gasteiger partial charge in [0.2, 0.25) is 0 Å². The molecule has 0 bridgehead atoms. The van der Waals surface area contributed by atoms with E-state index < -0.39 is 12.0 Å². The number of rotatable bonds is 6. The molecule has 7 heteroatoms. The molecule has 6 nitrogen and oxygen atoms in total. The number of carboxylic acids is 1. The summed E-state index contributed by atoms with van der Waals surface area (Å²) in [5, 5.41) is 14.0. The van der Waals surface area contributed by atoms with Crippen LogP contribution in [0.2, 0.25) is 5.02 Å². The second-order valence-corrected chi connectivity index (χ2v) is 3.98. The number of amides is 2. The fourth-order valence-electron chi connectivity index (χ4n) is 1.30. The van der Waals surface area contributed by atoms with E-state index in [1.54, 1.807) is 0 Å². The minimum atomic E-state index is -1.07. The maximum atomic E-state index is 11.5. The maximum Gasteiger partial charge on any atom is 0.335 e. The molecule has 2 amide bonds. The maximum absolute atomic E-state index is 11.5. The van der Waals surface area contributed by atoms with Gasteiger partial charge in [-0.1, -0.05) is 11.6 Å². The number of carbonyl (C=O) groups is 2. The van der Waals surface area contributed by atoms with Gasteiger partial charge in [-0.25, -0.2) is 9.59 Å². The molecule has 0 unspecified atom stereocenters. The smallest absolute Gasteiger partial charge is 0.335 e. The highest BCUT2D eigenvalue weighted by Crippen LogP contribution is 2.22. The van der Waals surface area contributed by atoms with E-state index >= 15 is 0 Å². The van der Waals surface area contributed by atoms with Crippen molar-refractivity contribution >= 4 is 29.3 Å². The van der Waals surface area contributed by atoms with Gasteiger partial charge in [0.1, 0.15) is 0 Å². The number of benzene rings is 1. The molecule has 0 radical (unpaired) electrons. The molecule has 0 aliphatic carbocycles. The van der Waals surface area contributed by atoms with Gasteiger partial charge in [0.25, 0.3) is 0 Å². The van der Waals surface area contributed by atoms with Gasteiger partial charge in [-0.2, -0.15) is 0 Å². The Morgan fingerprint density at radius 2 is 2.16 bits per heavy atom. The van der Waals surface area contributed by atoms with Crippen molar-refractivity contribution in [1.29, 1.82) is 0 Å². The van der Waals surface area contributed by atoms with E-state index in [-0.39, 0.29) is 10.6 Å². The van der Waals surface area contributed by atoms with E-state index in [4.69, 9.17) is 21.4 Å². The summed E-state index contributed by atoms with van der Waals surface area (Å²) in [4.78, 5) is 22.2. The van der Waals surface area contributed by atoms with Crippen LogP contribution in [-0.2, 0) is 4.74 Å². The second-order valence-electron chi connectivity index (χ2n) is 3.58. The van der Waals surface area contributed by atoms with Crippen molar-refractivity contribution in [3.63, 3.8) is 0 Å². The lowest BCUT2D eigenvalue weighted by Gasteiger charge is -2.09. The van der Waals surface area contributed by atoms with Crippen LogP contribution in [-0.4, -0.2) is 36.9 Å². The third kappa shape index (κ3) is 5.15. The van der Waals surface area contributed by atoms with Crippen molar-refractivity contribution in [1.82, 2.24) is 5.32 Å². The van der Waals surface area contributed by atoms with Gasteiger partial charge in [-0.3, -0.25) is 0 Å². The minimum absolute atomic E-state index is 0.0623. The molecule has 1 aromatic carbocycles. The Kier molecular flexibility index (Phi) is 6.11. The van der Waals surface area contributed by atoms with Crippen LogP contribution in [0.5, 0.6) is 0 Å². The summed E-state index contributed by atoms with van der Waals surface area (Å²) >= 11 is 5.87. The average Bonchev–Trinajstić information content (AvgIpc) is 2.37. The molecule has 0 aliphatic heterocycles. The van der Waals surface area contributed by atoms with Crippen molar-refractivity contribution < 1.29 is 19.4 Å². The normalized spacial score (nSPS) is 10.0. The number of urea groups is 1. The molecule has 3 N–H and O–H groups in total. The third-order valence-corrected chi connectivity index (χ3v) is 2.51. The molecule has 0 heterocycles. The Labute approximate surface area is 115 Å². The van der Waals surface area contributed by atoms with E-state index in [9.17, 15) is 9.59 Å². The summed E-state index contributed by atoms with van der Waals surface area (Å²) in [5.74, 6) is -1.07. The van der Waals surface area contributed by atoms with Crippen LogP contribution in [0.15, 0.2) is 18.2 Å². The number of halogens is 1. The molecule has 104 valence electrons. The Morgan fingerprint density at radius 3 is 2.74 bits per heavy atom. The van der Waals surface area contributed by atoms with E-state index in [1.807, 2.05) is 6.92 Å². The Morgan fingerprint density at radius 1 is 1.42 bits per heavy atom. The summed E-state index contributed by atoms with van der Waals surface area (Å²) in [5.41, 5.74) is 0.410. The summed E-state index contributed by atoms with van der Waals surface area (Å²) in [6, 6.07) is 3.65. The predicted octanol–water partition coefficient (Wildman–Crippen LogP) is 2.20. The SMILES string of the molecule is CCOCCNC(=O)Nc1ccc(C(=O)O)cc1Cl. The zero-order chi connectivity index (χ0) is 14.3. The number of anilines is 1. The molecule has 0 saturated carbocycles. The first-order chi connectivity index (χ1) is 9.04. The fourth-order valence-corrected chi connectivity index (χ4v) is 1.52. The predicted molar refractivity (Wildman–Crippen MR) is 71.9 cm³/mol.